The number of aliphatic hydroxyl groups is 8. The highest BCUT2D eigenvalue weighted by molar-refractivity contribution is 6.02. The number of amides is 1. The number of nitrogens with one attached hydrogen (secondary N) is 2. The van der Waals surface area contributed by atoms with Gasteiger partial charge in [0, 0.05) is 19.6 Å². The average Bonchev–Trinajstić information content (AvgIpc) is 3.34. The summed E-state index contributed by atoms with van der Waals surface area (Å²) in [4.78, 5) is 31.3. The Hall–Kier alpha value is -3.38. The van der Waals surface area contributed by atoms with E-state index in [0.717, 1.165) is 27.6 Å². The number of aliphatic carboxylic acids is 2. The first kappa shape index (κ1) is 57.0. The van der Waals surface area contributed by atoms with Gasteiger partial charge < -0.3 is 86.0 Å². The summed E-state index contributed by atoms with van der Waals surface area (Å²) in [5.41, 5.74) is 10.7. The molecule has 1 aliphatic heterocycles. The van der Waals surface area contributed by atoms with E-state index in [2.05, 4.69) is 53.3 Å². The van der Waals surface area contributed by atoms with Gasteiger partial charge in [0.15, 0.2) is 5.96 Å². The van der Waals surface area contributed by atoms with Gasteiger partial charge in [0.1, 0.15) is 25.3 Å². The highest BCUT2D eigenvalue weighted by Gasteiger charge is 2.18. The Morgan fingerprint density at radius 1 is 0.843 bits per heavy atom. The van der Waals surface area contributed by atoms with Crippen molar-refractivity contribution in [1.29, 1.82) is 5.41 Å². The van der Waals surface area contributed by atoms with Crippen molar-refractivity contribution in [3.05, 3.63) is 35.9 Å². The molecule has 302 valence electrons. The maximum absolute atomic E-state index is 10.4. The van der Waals surface area contributed by atoms with Crippen LogP contribution in [0, 0.1) is 5.41 Å². The number of carbonyl (C=O) groups is 3. The Balaban J connectivity index is -0.000000165. The van der Waals surface area contributed by atoms with Crippen molar-refractivity contribution in [3.8, 4) is 0 Å². The molecule has 51 heavy (non-hydrogen) atoms. The van der Waals surface area contributed by atoms with E-state index in [-0.39, 0.29) is 58.1 Å². The molecule has 1 amide bonds. The Kier molecular flexibility index (Phi) is 39.1. The Morgan fingerprint density at radius 3 is 1.33 bits per heavy atom. The molecule has 0 unspecified atom stereocenters. The molecule has 14 N–H and O–H groups in total. The topological polar surface area (TPSA) is 350 Å². The van der Waals surface area contributed by atoms with E-state index in [1.807, 2.05) is 30.3 Å². The second-order valence-corrected chi connectivity index (χ2v) is 12.5. The lowest BCUT2D eigenvalue weighted by atomic mass is 10.1. The summed E-state index contributed by atoms with van der Waals surface area (Å²) in [6, 6.07) is 8.32. The number of hydrogen-bond donors (Lipinski definition) is 12. The first-order valence-electron chi connectivity index (χ1n) is 15.5. The first-order chi connectivity index (χ1) is 23.4. The van der Waals surface area contributed by atoms with E-state index in [9.17, 15) is 14.7 Å². The number of nitrogens with two attached hydrogens (primary N) is 2. The van der Waals surface area contributed by atoms with Crippen LogP contribution in [0.15, 0.2) is 30.3 Å². The average molecular weight is 744 g/mol. The number of carboxylic acids is 2. The van der Waals surface area contributed by atoms with E-state index in [1.54, 1.807) is 11.9 Å². The first-order valence-corrected chi connectivity index (χ1v) is 15.5. The van der Waals surface area contributed by atoms with Crippen LogP contribution in [0.3, 0.4) is 0 Å². The summed E-state index contributed by atoms with van der Waals surface area (Å²) in [5.74, 6) is -2.34. The van der Waals surface area contributed by atoms with Crippen molar-refractivity contribution in [2.24, 2.45) is 11.5 Å². The molecule has 20 heteroatoms. The number of hydrogen-bond acceptors (Lipinski definition) is 16. The summed E-state index contributed by atoms with van der Waals surface area (Å²) in [7, 11) is 14.0. The molecule has 1 fully saturated rings. The number of benzene rings is 1. The van der Waals surface area contributed by atoms with Gasteiger partial charge in [-0.2, -0.15) is 0 Å². The monoisotopic (exact) mass is 743 g/mol. The molecule has 0 saturated carbocycles. The summed E-state index contributed by atoms with van der Waals surface area (Å²) >= 11 is 0. The molecule has 0 spiro atoms. The molecule has 1 atom stereocenters. The molecule has 1 aromatic rings. The number of guanidine groups is 1. The van der Waals surface area contributed by atoms with Crippen molar-refractivity contribution in [1.82, 2.24) is 10.2 Å². The third-order valence-corrected chi connectivity index (χ3v) is 5.17. The largest absolute Gasteiger partial charge is 0.549 e. The fourth-order valence-corrected chi connectivity index (χ4v) is 2.23. The van der Waals surface area contributed by atoms with Crippen molar-refractivity contribution < 1.29 is 74.4 Å². The summed E-state index contributed by atoms with van der Waals surface area (Å²) in [6.45, 7) is 0.700. The third kappa shape index (κ3) is 51.1. The van der Waals surface area contributed by atoms with Crippen LogP contribution in [-0.4, -0.2) is 212 Å². The zero-order valence-electron chi connectivity index (χ0n) is 31.0. The summed E-state index contributed by atoms with van der Waals surface area (Å²) < 4.78 is 1.69. The van der Waals surface area contributed by atoms with Crippen LogP contribution in [0.5, 0.6) is 0 Å². The molecule has 0 aromatic heterocycles. The number of nitrogens with zero attached hydrogens (tertiary/aromatic N) is 3. The lowest BCUT2D eigenvalue weighted by Crippen LogP contribution is -2.43. The highest BCUT2D eigenvalue weighted by atomic mass is 16.4. The SMILES string of the molecule is CN1CC(=O)NC1=N.C[N+](C)(C)CCO.C[N+](C)(C)CCO.NCC(=O)[O-].N[C@@H](Cc1ccccc1)C(=O)[O-].OCC(O)CO.OCC(O)CO. The van der Waals surface area contributed by atoms with Crippen molar-refractivity contribution in [2.75, 3.05) is 115 Å². The van der Waals surface area contributed by atoms with Crippen molar-refractivity contribution in [3.63, 3.8) is 0 Å². The fourth-order valence-electron chi connectivity index (χ4n) is 2.23. The molecule has 2 rings (SSSR count). The van der Waals surface area contributed by atoms with E-state index >= 15 is 0 Å². The van der Waals surface area contributed by atoms with Gasteiger partial charge in [-0.05, 0) is 12.0 Å². The summed E-state index contributed by atoms with van der Waals surface area (Å²) in [5, 5.41) is 93.5. The van der Waals surface area contributed by atoms with Gasteiger partial charge >= 0.3 is 0 Å². The lowest BCUT2D eigenvalue weighted by molar-refractivity contribution is -0.870. The van der Waals surface area contributed by atoms with Crippen LogP contribution in [-0.2, 0) is 20.8 Å². The maximum Gasteiger partial charge on any atom is 0.246 e. The number of likely N-dealkylation sites (N-methyl/N-ethyl adjacent to an activating group) is 3. The lowest BCUT2D eigenvalue weighted by Gasteiger charge is -2.21. The fraction of sp³-hybridized carbons (Fsp3) is 0.677. The number of carbonyl (C=O) groups excluding carboxylic acids is 3. The van der Waals surface area contributed by atoms with Crippen LogP contribution in [0.1, 0.15) is 5.56 Å². The normalized spacial score (nSPS) is 12.3. The number of aliphatic hydroxyl groups excluding tert-OH is 8. The van der Waals surface area contributed by atoms with Gasteiger partial charge in [0.2, 0.25) is 5.91 Å². The molecule has 1 aromatic carbocycles. The number of carboxylic acid groups (broad SMARTS) is 2. The minimum absolute atomic E-state index is 0.0995. The molecule has 1 aliphatic rings. The zero-order valence-corrected chi connectivity index (χ0v) is 31.0. The predicted molar refractivity (Wildman–Crippen MR) is 186 cm³/mol. The standard InChI is InChI=1S/C9H11NO2.2C5H14NO.C4H7N3O.2C3H8O3.C2H5NO2/c10-8(9(11)12)6-7-4-2-1-3-5-7;2*1-6(2,3)4-5-7;1-7-2-3(8)6-4(7)5;2*4-1-3(6)2-5;3-1-2(4)5/h1-5,8H,6,10H2,(H,11,12);2*7H,4-5H2,1-3H3;2H2,1H3,(H2,5,6,8);2*3-6H,1-2H2;1,3H2,(H,4,5)/q;2*+1;;;;/p-2/t8-;;;;;;/m0....../s1. The molecule has 1 saturated heterocycles. The quantitative estimate of drug-likeness (QED) is 0.0885. The summed E-state index contributed by atoms with van der Waals surface area (Å²) in [6.07, 6.45) is -1.58. The molecule has 0 bridgehead atoms. The Morgan fingerprint density at radius 2 is 1.20 bits per heavy atom. The van der Waals surface area contributed by atoms with Crippen LogP contribution in [0.25, 0.3) is 0 Å². The van der Waals surface area contributed by atoms with Gasteiger partial charge in [0.05, 0.1) is 100 Å². The van der Waals surface area contributed by atoms with E-state index < -0.39 is 30.2 Å². The van der Waals surface area contributed by atoms with Gasteiger partial charge in [0.25, 0.3) is 0 Å². The highest BCUT2D eigenvalue weighted by Crippen LogP contribution is 2.00. The molecular formula is C31H65N7O13. The van der Waals surface area contributed by atoms with Crippen molar-refractivity contribution in [2.45, 2.75) is 24.7 Å². The Bertz CT molecular complexity index is 962. The van der Waals surface area contributed by atoms with Crippen LogP contribution >= 0.6 is 0 Å². The van der Waals surface area contributed by atoms with Crippen LogP contribution in [0.4, 0.5) is 0 Å². The van der Waals surface area contributed by atoms with Crippen LogP contribution < -0.4 is 27.0 Å². The van der Waals surface area contributed by atoms with E-state index in [4.69, 9.17) is 61.9 Å². The van der Waals surface area contributed by atoms with Crippen LogP contribution in [0.2, 0.25) is 0 Å². The van der Waals surface area contributed by atoms with Gasteiger partial charge in [-0.15, -0.1) is 0 Å². The van der Waals surface area contributed by atoms with E-state index in [0.29, 0.717) is 13.0 Å². The minimum Gasteiger partial charge on any atom is -0.549 e. The molecule has 0 radical (unpaired) electrons. The maximum atomic E-state index is 10.4. The number of quaternary nitrogens is 2. The zero-order chi connectivity index (χ0) is 41.2. The van der Waals surface area contributed by atoms with E-state index in [1.165, 1.54) is 0 Å². The minimum atomic E-state index is -1.22. The number of rotatable bonds is 12. The predicted octanol–water partition coefficient (Wildman–Crippen LogP) is -7.98. The van der Waals surface area contributed by atoms with Gasteiger partial charge in [-0.25, -0.2) is 0 Å². The second-order valence-electron chi connectivity index (χ2n) is 12.5. The van der Waals surface area contributed by atoms with Gasteiger partial charge in [-0.1, -0.05) is 30.3 Å². The third-order valence-electron chi connectivity index (χ3n) is 5.17. The molecule has 0 aliphatic carbocycles. The molecular weight excluding hydrogens is 678 g/mol. The Labute approximate surface area is 301 Å². The molecule has 20 nitrogen and oxygen atoms in total. The molecule has 1 heterocycles. The second kappa shape index (κ2) is 35.0. The smallest absolute Gasteiger partial charge is 0.246 e. The van der Waals surface area contributed by atoms with Crippen molar-refractivity contribution >= 4 is 23.8 Å². The van der Waals surface area contributed by atoms with Gasteiger partial charge in [-0.3, -0.25) is 15.5 Å².